The molecular formula is C21H19ClN2O3S. The summed E-state index contributed by atoms with van der Waals surface area (Å²) in [5.41, 5.74) is 2.39. The maximum absolute atomic E-state index is 12.3. The van der Waals surface area contributed by atoms with E-state index >= 15 is 0 Å². The summed E-state index contributed by atoms with van der Waals surface area (Å²) in [6.07, 6.45) is -0.0149. The molecule has 1 atom stereocenters. The van der Waals surface area contributed by atoms with E-state index in [0.29, 0.717) is 16.3 Å². The van der Waals surface area contributed by atoms with Crippen LogP contribution in [0.3, 0.4) is 0 Å². The second-order valence-corrected chi connectivity index (χ2v) is 7.41. The van der Waals surface area contributed by atoms with Gasteiger partial charge in [0.1, 0.15) is 11.6 Å². The summed E-state index contributed by atoms with van der Waals surface area (Å²) in [5.74, 6) is -0.683. The first kappa shape index (κ1) is 20.0. The van der Waals surface area contributed by atoms with E-state index in [2.05, 4.69) is 10.3 Å². The molecule has 1 amide bonds. The van der Waals surface area contributed by atoms with Gasteiger partial charge in [-0.25, -0.2) is 4.98 Å². The van der Waals surface area contributed by atoms with Gasteiger partial charge in [-0.2, -0.15) is 0 Å². The van der Waals surface area contributed by atoms with Crippen LogP contribution in [0.15, 0.2) is 60.0 Å². The molecule has 144 valence electrons. The van der Waals surface area contributed by atoms with E-state index in [1.54, 1.807) is 18.2 Å². The molecule has 5 nitrogen and oxygen atoms in total. The number of carbonyl (C=O) groups is 2. The number of esters is 1. The number of nitrogens with zero attached hydrogens (tertiary/aromatic N) is 1. The number of carbonyl (C=O) groups excluding carboxylic acids is 2. The number of aromatic nitrogens is 1. The molecule has 3 aromatic rings. The van der Waals surface area contributed by atoms with E-state index in [-0.39, 0.29) is 18.9 Å². The van der Waals surface area contributed by atoms with Crippen molar-refractivity contribution in [3.8, 4) is 10.6 Å². The lowest BCUT2D eigenvalue weighted by atomic mass is 10.0. The summed E-state index contributed by atoms with van der Waals surface area (Å²) >= 11 is 7.71. The van der Waals surface area contributed by atoms with Crippen LogP contribution >= 0.6 is 22.9 Å². The van der Waals surface area contributed by atoms with Crippen molar-refractivity contribution in [1.29, 1.82) is 0 Å². The number of hydrogen-bond donors (Lipinski definition) is 1. The smallest absolute Gasteiger partial charge is 0.308 e. The van der Waals surface area contributed by atoms with Gasteiger partial charge < -0.3 is 10.1 Å². The Morgan fingerprint density at radius 2 is 1.86 bits per heavy atom. The molecule has 0 aliphatic heterocycles. The molecule has 0 aliphatic rings. The molecule has 3 rings (SSSR count). The van der Waals surface area contributed by atoms with Crippen molar-refractivity contribution >= 4 is 34.8 Å². The highest BCUT2D eigenvalue weighted by Crippen LogP contribution is 2.26. The van der Waals surface area contributed by atoms with Gasteiger partial charge in [0.25, 0.3) is 0 Å². The Morgan fingerprint density at radius 3 is 2.57 bits per heavy atom. The van der Waals surface area contributed by atoms with Crippen molar-refractivity contribution in [3.63, 3.8) is 0 Å². The first-order valence-corrected chi connectivity index (χ1v) is 9.95. The Labute approximate surface area is 172 Å². The Hall–Kier alpha value is -2.70. The molecule has 1 aromatic heterocycles. The quantitative estimate of drug-likeness (QED) is 0.565. The predicted octanol–water partition coefficient (Wildman–Crippen LogP) is 4.77. The number of amides is 1. The van der Waals surface area contributed by atoms with Crippen LogP contribution in [0.25, 0.3) is 10.6 Å². The van der Waals surface area contributed by atoms with Crippen molar-refractivity contribution in [2.45, 2.75) is 26.0 Å². The second-order valence-electron chi connectivity index (χ2n) is 6.15. The second kappa shape index (κ2) is 9.48. The van der Waals surface area contributed by atoms with Crippen LogP contribution < -0.4 is 5.32 Å². The normalized spacial score (nSPS) is 11.6. The molecule has 0 unspecified atom stereocenters. The maximum Gasteiger partial charge on any atom is 0.308 e. The van der Waals surface area contributed by atoms with E-state index in [4.69, 9.17) is 16.3 Å². The van der Waals surface area contributed by atoms with E-state index in [0.717, 1.165) is 10.6 Å². The summed E-state index contributed by atoms with van der Waals surface area (Å²) in [5, 5.41) is 5.98. The number of hydrogen-bond acceptors (Lipinski definition) is 5. The van der Waals surface area contributed by atoms with Gasteiger partial charge in [-0.15, -0.1) is 11.3 Å². The van der Waals surface area contributed by atoms with Crippen LogP contribution in [0.1, 0.15) is 30.6 Å². The topological polar surface area (TPSA) is 68.3 Å². The maximum atomic E-state index is 12.3. The molecule has 0 radical (unpaired) electrons. The van der Waals surface area contributed by atoms with Crippen LogP contribution in [0, 0.1) is 0 Å². The molecular weight excluding hydrogens is 396 g/mol. The zero-order valence-electron chi connectivity index (χ0n) is 15.2. The summed E-state index contributed by atoms with van der Waals surface area (Å²) in [4.78, 5) is 28.4. The van der Waals surface area contributed by atoms with Crippen LogP contribution in [0.5, 0.6) is 0 Å². The van der Waals surface area contributed by atoms with Crippen molar-refractivity contribution in [2.75, 3.05) is 0 Å². The monoisotopic (exact) mass is 414 g/mol. The highest BCUT2D eigenvalue weighted by atomic mass is 35.5. The average Bonchev–Trinajstić information content (AvgIpc) is 3.16. The van der Waals surface area contributed by atoms with E-state index in [9.17, 15) is 9.59 Å². The zero-order chi connectivity index (χ0) is 19.9. The van der Waals surface area contributed by atoms with E-state index < -0.39 is 12.0 Å². The van der Waals surface area contributed by atoms with Crippen molar-refractivity contribution in [2.24, 2.45) is 0 Å². The summed E-state index contributed by atoms with van der Waals surface area (Å²) < 4.78 is 5.36. The van der Waals surface area contributed by atoms with Crippen LogP contribution in [-0.4, -0.2) is 16.9 Å². The molecule has 0 spiro atoms. The minimum Gasteiger partial charge on any atom is -0.459 e. The third kappa shape index (κ3) is 5.41. The molecule has 2 aromatic carbocycles. The van der Waals surface area contributed by atoms with Gasteiger partial charge in [0.2, 0.25) is 5.91 Å². The Morgan fingerprint density at radius 1 is 1.14 bits per heavy atom. The molecule has 0 saturated heterocycles. The van der Waals surface area contributed by atoms with Gasteiger partial charge >= 0.3 is 5.97 Å². The fraction of sp³-hybridized carbons (Fsp3) is 0.190. The molecule has 0 fully saturated rings. The van der Waals surface area contributed by atoms with Crippen LogP contribution in [-0.2, 0) is 20.9 Å². The standard InChI is InChI=1S/C21H19ClN2O3S/c1-14(25)23-19(17-9-5-6-10-18(17)22)11-20(26)27-12-16-13-28-21(24-16)15-7-3-2-4-8-15/h2-10,13,19H,11-12H2,1H3,(H,23,25)/t19-/m0/s1. The number of nitrogens with one attached hydrogen (secondary N) is 1. The molecule has 0 saturated carbocycles. The first-order valence-electron chi connectivity index (χ1n) is 8.70. The van der Waals surface area contributed by atoms with Gasteiger partial charge in [-0.3, -0.25) is 9.59 Å². The third-order valence-corrected chi connectivity index (χ3v) is 5.27. The third-order valence-electron chi connectivity index (χ3n) is 3.98. The lowest BCUT2D eigenvalue weighted by Crippen LogP contribution is -2.28. The molecule has 28 heavy (non-hydrogen) atoms. The first-order chi connectivity index (χ1) is 13.5. The van der Waals surface area contributed by atoms with E-state index in [1.165, 1.54) is 18.3 Å². The molecule has 7 heteroatoms. The lowest BCUT2D eigenvalue weighted by Gasteiger charge is -2.18. The number of benzene rings is 2. The number of thiazole rings is 1. The summed E-state index contributed by atoms with van der Waals surface area (Å²) in [6.45, 7) is 1.48. The van der Waals surface area contributed by atoms with Crippen LogP contribution in [0.2, 0.25) is 5.02 Å². The predicted molar refractivity (Wildman–Crippen MR) is 110 cm³/mol. The fourth-order valence-electron chi connectivity index (χ4n) is 2.71. The van der Waals surface area contributed by atoms with Gasteiger partial charge in [0.05, 0.1) is 18.2 Å². The van der Waals surface area contributed by atoms with E-state index in [1.807, 2.05) is 41.8 Å². The zero-order valence-corrected chi connectivity index (χ0v) is 16.8. The molecule has 0 bridgehead atoms. The minimum atomic E-state index is -0.547. The highest BCUT2D eigenvalue weighted by Gasteiger charge is 2.20. The molecule has 1 N–H and O–H groups in total. The summed E-state index contributed by atoms with van der Waals surface area (Å²) in [7, 11) is 0. The van der Waals surface area contributed by atoms with Gasteiger partial charge in [-0.1, -0.05) is 60.1 Å². The van der Waals surface area contributed by atoms with Crippen molar-refractivity contribution < 1.29 is 14.3 Å². The average molecular weight is 415 g/mol. The Balaban J connectivity index is 1.61. The Bertz CT molecular complexity index is 959. The number of rotatable bonds is 7. The van der Waals surface area contributed by atoms with Gasteiger partial charge in [-0.05, 0) is 11.6 Å². The lowest BCUT2D eigenvalue weighted by molar-refractivity contribution is -0.145. The number of ether oxygens (including phenoxy) is 1. The number of halogens is 1. The van der Waals surface area contributed by atoms with Crippen molar-refractivity contribution in [3.05, 3.63) is 76.3 Å². The fourth-order valence-corrected chi connectivity index (χ4v) is 3.79. The van der Waals surface area contributed by atoms with Crippen LogP contribution in [0.4, 0.5) is 0 Å². The minimum absolute atomic E-state index is 0.0149. The van der Waals surface area contributed by atoms with Gasteiger partial charge in [0.15, 0.2) is 0 Å². The molecule has 0 aliphatic carbocycles. The highest BCUT2D eigenvalue weighted by molar-refractivity contribution is 7.13. The summed E-state index contributed by atoms with van der Waals surface area (Å²) in [6, 6.07) is 16.4. The SMILES string of the molecule is CC(=O)N[C@@H](CC(=O)OCc1csc(-c2ccccc2)n1)c1ccccc1Cl. The van der Waals surface area contributed by atoms with Gasteiger partial charge in [0, 0.05) is 22.9 Å². The van der Waals surface area contributed by atoms with Crippen molar-refractivity contribution in [1.82, 2.24) is 10.3 Å². The Kier molecular flexibility index (Phi) is 6.79. The largest absolute Gasteiger partial charge is 0.459 e. The molecule has 1 heterocycles.